The summed E-state index contributed by atoms with van der Waals surface area (Å²) in [5, 5.41) is 12.7. The Labute approximate surface area is 122 Å². The van der Waals surface area contributed by atoms with Crippen LogP contribution in [0.25, 0.3) is 0 Å². The third-order valence-corrected chi connectivity index (χ3v) is 3.11. The summed E-state index contributed by atoms with van der Waals surface area (Å²) in [5.74, 6) is -1.01. The van der Waals surface area contributed by atoms with Crippen LogP contribution in [0.15, 0.2) is 42.5 Å². The van der Waals surface area contributed by atoms with E-state index in [1.54, 1.807) is 12.1 Å². The van der Waals surface area contributed by atoms with E-state index in [4.69, 9.17) is 11.6 Å². The molecule has 0 spiro atoms. The van der Waals surface area contributed by atoms with Crippen molar-refractivity contribution in [3.63, 3.8) is 0 Å². The van der Waals surface area contributed by atoms with Gasteiger partial charge >= 0.3 is 5.97 Å². The maximum atomic E-state index is 11.2. The van der Waals surface area contributed by atoms with E-state index in [-0.39, 0.29) is 5.56 Å². The molecule has 0 unspecified atom stereocenters. The van der Waals surface area contributed by atoms with Crippen molar-refractivity contribution in [2.24, 2.45) is 0 Å². The summed E-state index contributed by atoms with van der Waals surface area (Å²) in [7, 11) is 3.92. The summed E-state index contributed by atoms with van der Waals surface area (Å²) >= 11 is 5.82. The number of rotatable bonds is 4. The van der Waals surface area contributed by atoms with Gasteiger partial charge in [-0.3, -0.25) is 0 Å². The van der Waals surface area contributed by atoms with Crippen LogP contribution in [0.2, 0.25) is 5.02 Å². The molecule has 0 fully saturated rings. The average Bonchev–Trinajstić information content (AvgIpc) is 2.41. The summed E-state index contributed by atoms with van der Waals surface area (Å²) in [6.07, 6.45) is 0. The molecule has 104 valence electrons. The van der Waals surface area contributed by atoms with Crippen LogP contribution in [-0.4, -0.2) is 25.2 Å². The number of aromatic carboxylic acids is 1. The van der Waals surface area contributed by atoms with Crippen molar-refractivity contribution >= 4 is 34.6 Å². The summed E-state index contributed by atoms with van der Waals surface area (Å²) in [5.41, 5.74) is 2.55. The van der Waals surface area contributed by atoms with Crippen molar-refractivity contribution in [2.45, 2.75) is 0 Å². The molecule has 2 rings (SSSR count). The number of halogens is 1. The zero-order valence-corrected chi connectivity index (χ0v) is 12.0. The maximum Gasteiger partial charge on any atom is 0.337 e. The first-order valence-corrected chi connectivity index (χ1v) is 6.42. The Morgan fingerprint density at radius 3 is 2.35 bits per heavy atom. The van der Waals surface area contributed by atoms with Crippen molar-refractivity contribution in [2.75, 3.05) is 24.3 Å². The molecule has 0 radical (unpaired) electrons. The third-order valence-electron chi connectivity index (χ3n) is 2.87. The number of nitrogens with one attached hydrogen (secondary N) is 1. The fourth-order valence-electron chi connectivity index (χ4n) is 1.80. The van der Waals surface area contributed by atoms with Crippen LogP contribution >= 0.6 is 11.6 Å². The summed E-state index contributed by atoms with van der Waals surface area (Å²) in [4.78, 5) is 13.2. The van der Waals surface area contributed by atoms with E-state index < -0.39 is 5.97 Å². The molecule has 0 aromatic heterocycles. The molecule has 0 saturated carbocycles. The van der Waals surface area contributed by atoms with Crippen LogP contribution in [0, 0.1) is 0 Å². The van der Waals surface area contributed by atoms with Crippen molar-refractivity contribution in [3.8, 4) is 0 Å². The molecular formula is C15H15ClN2O2. The molecular weight excluding hydrogens is 276 g/mol. The number of anilines is 3. The molecule has 4 nitrogen and oxygen atoms in total. The zero-order valence-electron chi connectivity index (χ0n) is 11.2. The van der Waals surface area contributed by atoms with Gasteiger partial charge in [-0.15, -0.1) is 0 Å². The second kappa shape index (κ2) is 5.84. The standard InChI is InChI=1S/C15H15ClN2O2/c1-18(2)12-6-4-11(5-7-12)17-14-8-3-10(16)9-13(14)15(19)20/h3-9,17H,1-2H3,(H,19,20). The van der Waals surface area contributed by atoms with Crippen molar-refractivity contribution in [1.29, 1.82) is 0 Å². The topological polar surface area (TPSA) is 52.6 Å². The highest BCUT2D eigenvalue weighted by Gasteiger charge is 2.10. The highest BCUT2D eigenvalue weighted by atomic mass is 35.5. The zero-order chi connectivity index (χ0) is 14.7. The van der Waals surface area contributed by atoms with E-state index in [2.05, 4.69) is 5.32 Å². The second-order valence-electron chi connectivity index (χ2n) is 4.56. The van der Waals surface area contributed by atoms with Crippen molar-refractivity contribution < 1.29 is 9.90 Å². The predicted octanol–water partition coefficient (Wildman–Crippen LogP) is 3.85. The minimum absolute atomic E-state index is 0.147. The summed E-state index contributed by atoms with van der Waals surface area (Å²) in [6.45, 7) is 0. The lowest BCUT2D eigenvalue weighted by molar-refractivity contribution is 0.0698. The summed E-state index contributed by atoms with van der Waals surface area (Å²) in [6, 6.07) is 12.5. The predicted molar refractivity (Wildman–Crippen MR) is 82.5 cm³/mol. The normalized spacial score (nSPS) is 10.2. The second-order valence-corrected chi connectivity index (χ2v) is 5.00. The van der Waals surface area contributed by atoms with E-state index in [1.165, 1.54) is 6.07 Å². The van der Waals surface area contributed by atoms with Gasteiger partial charge < -0.3 is 15.3 Å². The molecule has 0 amide bonds. The van der Waals surface area contributed by atoms with Gasteiger partial charge in [-0.1, -0.05) is 11.6 Å². The van der Waals surface area contributed by atoms with Crippen LogP contribution in [-0.2, 0) is 0 Å². The highest BCUT2D eigenvalue weighted by molar-refractivity contribution is 6.31. The molecule has 0 aliphatic rings. The monoisotopic (exact) mass is 290 g/mol. The van der Waals surface area contributed by atoms with Gasteiger partial charge in [-0.05, 0) is 42.5 Å². The molecule has 0 aliphatic carbocycles. The molecule has 0 saturated heterocycles. The van der Waals surface area contributed by atoms with Crippen LogP contribution in [0.1, 0.15) is 10.4 Å². The average molecular weight is 291 g/mol. The van der Waals surface area contributed by atoms with Gasteiger partial charge in [-0.2, -0.15) is 0 Å². The van der Waals surface area contributed by atoms with Gasteiger partial charge in [0.25, 0.3) is 0 Å². The first-order valence-electron chi connectivity index (χ1n) is 6.04. The van der Waals surface area contributed by atoms with Gasteiger partial charge in [0.2, 0.25) is 0 Å². The van der Waals surface area contributed by atoms with E-state index in [1.807, 2.05) is 43.3 Å². The van der Waals surface area contributed by atoms with Gasteiger partial charge in [-0.25, -0.2) is 4.79 Å². The van der Waals surface area contributed by atoms with Crippen molar-refractivity contribution in [3.05, 3.63) is 53.1 Å². The minimum atomic E-state index is -1.01. The Morgan fingerprint density at radius 1 is 1.15 bits per heavy atom. The molecule has 0 bridgehead atoms. The SMILES string of the molecule is CN(C)c1ccc(Nc2ccc(Cl)cc2C(=O)O)cc1. The number of nitrogens with zero attached hydrogens (tertiary/aromatic N) is 1. The largest absolute Gasteiger partial charge is 0.478 e. The van der Waals surface area contributed by atoms with Gasteiger partial charge in [0.15, 0.2) is 0 Å². The molecule has 0 aliphatic heterocycles. The van der Waals surface area contributed by atoms with E-state index in [9.17, 15) is 9.90 Å². The molecule has 0 heterocycles. The maximum absolute atomic E-state index is 11.2. The van der Waals surface area contributed by atoms with E-state index >= 15 is 0 Å². The Morgan fingerprint density at radius 2 is 1.80 bits per heavy atom. The molecule has 2 N–H and O–H groups in total. The number of carboxylic acid groups (broad SMARTS) is 1. The van der Waals surface area contributed by atoms with Crippen LogP contribution in [0.3, 0.4) is 0 Å². The van der Waals surface area contributed by atoms with E-state index in [0.29, 0.717) is 10.7 Å². The number of carboxylic acids is 1. The highest BCUT2D eigenvalue weighted by Crippen LogP contribution is 2.25. The van der Waals surface area contributed by atoms with Gasteiger partial charge in [0.05, 0.1) is 11.3 Å². The lowest BCUT2D eigenvalue weighted by Crippen LogP contribution is -2.08. The Balaban J connectivity index is 2.28. The molecule has 5 heteroatoms. The minimum Gasteiger partial charge on any atom is -0.478 e. The molecule has 2 aromatic rings. The number of carbonyl (C=O) groups is 1. The molecule has 0 atom stereocenters. The number of hydrogen-bond donors (Lipinski definition) is 2. The lowest BCUT2D eigenvalue weighted by Gasteiger charge is -2.14. The fourth-order valence-corrected chi connectivity index (χ4v) is 1.97. The molecule has 2 aromatic carbocycles. The first-order chi connectivity index (χ1) is 9.47. The fraction of sp³-hybridized carbons (Fsp3) is 0.133. The van der Waals surface area contributed by atoms with E-state index in [0.717, 1.165) is 11.4 Å². The smallest absolute Gasteiger partial charge is 0.337 e. The Hall–Kier alpha value is -2.20. The van der Waals surface area contributed by atoms with Crippen molar-refractivity contribution in [1.82, 2.24) is 0 Å². The van der Waals surface area contributed by atoms with Gasteiger partial charge in [0, 0.05) is 30.5 Å². The summed E-state index contributed by atoms with van der Waals surface area (Å²) < 4.78 is 0. The van der Waals surface area contributed by atoms with Gasteiger partial charge in [0.1, 0.15) is 0 Å². The van der Waals surface area contributed by atoms with Crippen LogP contribution in [0.4, 0.5) is 17.1 Å². The number of hydrogen-bond acceptors (Lipinski definition) is 3. The Bertz CT molecular complexity index is 624. The molecule has 20 heavy (non-hydrogen) atoms. The Kier molecular flexibility index (Phi) is 4.15. The van der Waals surface area contributed by atoms with Crippen LogP contribution < -0.4 is 10.2 Å². The number of benzene rings is 2. The quantitative estimate of drug-likeness (QED) is 0.898. The first kappa shape index (κ1) is 14.2. The third kappa shape index (κ3) is 3.22. The van der Waals surface area contributed by atoms with Crippen LogP contribution in [0.5, 0.6) is 0 Å². The lowest BCUT2D eigenvalue weighted by atomic mass is 10.1.